The molecule has 4 nitrogen and oxygen atoms in total. The predicted octanol–water partition coefficient (Wildman–Crippen LogP) is 1.43. The van der Waals surface area contributed by atoms with Crippen molar-refractivity contribution in [2.45, 2.75) is 25.8 Å². The number of amides is 1. The first-order chi connectivity index (χ1) is 7.67. The minimum atomic E-state index is -0.358. The van der Waals surface area contributed by atoms with Gasteiger partial charge in [-0.1, -0.05) is 19.1 Å². The molecule has 1 amide bonds. The molecule has 4 heteroatoms. The SMILES string of the molecule is CCC(Nc1ccc(CC#N)cc1)C(N)=O. The predicted molar refractivity (Wildman–Crippen MR) is 62.7 cm³/mol. The summed E-state index contributed by atoms with van der Waals surface area (Å²) >= 11 is 0. The van der Waals surface area contributed by atoms with E-state index >= 15 is 0 Å². The van der Waals surface area contributed by atoms with E-state index in [2.05, 4.69) is 11.4 Å². The number of hydrogen-bond donors (Lipinski definition) is 2. The van der Waals surface area contributed by atoms with Gasteiger partial charge in [0.1, 0.15) is 6.04 Å². The lowest BCUT2D eigenvalue weighted by Crippen LogP contribution is -2.34. The van der Waals surface area contributed by atoms with E-state index in [9.17, 15) is 4.79 Å². The summed E-state index contributed by atoms with van der Waals surface area (Å²) in [6.45, 7) is 1.90. The van der Waals surface area contributed by atoms with Crippen LogP contribution in [0, 0.1) is 11.3 Å². The van der Waals surface area contributed by atoms with Crippen molar-refractivity contribution >= 4 is 11.6 Å². The number of primary amides is 1. The largest absolute Gasteiger partial charge is 0.374 e. The fourth-order valence-corrected chi connectivity index (χ4v) is 1.39. The summed E-state index contributed by atoms with van der Waals surface area (Å²) in [6, 6.07) is 9.15. The maximum absolute atomic E-state index is 11.0. The fourth-order valence-electron chi connectivity index (χ4n) is 1.39. The van der Waals surface area contributed by atoms with E-state index in [0.717, 1.165) is 11.3 Å². The summed E-state index contributed by atoms with van der Waals surface area (Å²) < 4.78 is 0. The van der Waals surface area contributed by atoms with Gasteiger partial charge in [-0.2, -0.15) is 5.26 Å². The molecule has 0 aliphatic heterocycles. The van der Waals surface area contributed by atoms with Gasteiger partial charge in [-0.25, -0.2) is 0 Å². The number of carbonyl (C=O) groups excluding carboxylic acids is 1. The third-order valence-electron chi connectivity index (χ3n) is 2.33. The molecular weight excluding hydrogens is 202 g/mol. The zero-order chi connectivity index (χ0) is 12.0. The molecule has 84 valence electrons. The van der Waals surface area contributed by atoms with Gasteiger partial charge in [0.15, 0.2) is 0 Å². The Bertz CT molecular complexity index is 392. The van der Waals surface area contributed by atoms with Gasteiger partial charge >= 0.3 is 0 Å². The number of carbonyl (C=O) groups is 1. The van der Waals surface area contributed by atoms with E-state index in [0.29, 0.717) is 12.8 Å². The third-order valence-corrected chi connectivity index (χ3v) is 2.33. The van der Waals surface area contributed by atoms with Crippen LogP contribution in [0.5, 0.6) is 0 Å². The van der Waals surface area contributed by atoms with Crippen molar-refractivity contribution in [2.75, 3.05) is 5.32 Å². The van der Waals surface area contributed by atoms with Gasteiger partial charge in [-0.15, -0.1) is 0 Å². The highest BCUT2D eigenvalue weighted by molar-refractivity contribution is 5.82. The van der Waals surface area contributed by atoms with Crippen molar-refractivity contribution in [1.29, 1.82) is 5.26 Å². The zero-order valence-electron chi connectivity index (χ0n) is 9.23. The lowest BCUT2D eigenvalue weighted by atomic mass is 10.1. The first-order valence-corrected chi connectivity index (χ1v) is 5.19. The van der Waals surface area contributed by atoms with Crippen molar-refractivity contribution in [3.05, 3.63) is 29.8 Å². The van der Waals surface area contributed by atoms with Crippen LogP contribution in [0.4, 0.5) is 5.69 Å². The molecule has 0 saturated heterocycles. The lowest BCUT2D eigenvalue weighted by molar-refractivity contribution is -0.118. The van der Waals surface area contributed by atoms with Crippen LogP contribution in [0.25, 0.3) is 0 Å². The molecular formula is C12H15N3O. The average Bonchev–Trinajstić information content (AvgIpc) is 2.28. The number of nitrogens with one attached hydrogen (secondary N) is 1. The Morgan fingerprint density at radius 3 is 2.56 bits per heavy atom. The van der Waals surface area contributed by atoms with E-state index < -0.39 is 0 Å². The van der Waals surface area contributed by atoms with Crippen LogP contribution in [0.15, 0.2) is 24.3 Å². The number of hydrogen-bond acceptors (Lipinski definition) is 3. The topological polar surface area (TPSA) is 78.9 Å². The first-order valence-electron chi connectivity index (χ1n) is 5.19. The van der Waals surface area contributed by atoms with Crippen molar-refractivity contribution in [3.63, 3.8) is 0 Å². The summed E-state index contributed by atoms with van der Waals surface area (Å²) in [7, 11) is 0. The van der Waals surface area contributed by atoms with E-state index in [4.69, 9.17) is 11.0 Å². The van der Waals surface area contributed by atoms with Crippen LogP contribution in [0.3, 0.4) is 0 Å². The second-order valence-corrected chi connectivity index (χ2v) is 3.54. The van der Waals surface area contributed by atoms with Gasteiger partial charge in [0.05, 0.1) is 12.5 Å². The van der Waals surface area contributed by atoms with E-state index in [-0.39, 0.29) is 11.9 Å². The molecule has 0 fully saturated rings. The zero-order valence-corrected chi connectivity index (χ0v) is 9.23. The van der Waals surface area contributed by atoms with Crippen LogP contribution in [0.2, 0.25) is 0 Å². The molecule has 16 heavy (non-hydrogen) atoms. The van der Waals surface area contributed by atoms with Gasteiger partial charge in [0.2, 0.25) is 5.91 Å². The molecule has 0 aliphatic carbocycles. The molecule has 1 rings (SSSR count). The van der Waals surface area contributed by atoms with Gasteiger partial charge < -0.3 is 11.1 Å². The summed E-state index contributed by atoms with van der Waals surface area (Å²) in [5, 5.41) is 11.6. The Hall–Kier alpha value is -2.02. The molecule has 0 radical (unpaired) electrons. The fraction of sp³-hybridized carbons (Fsp3) is 0.333. The average molecular weight is 217 g/mol. The van der Waals surface area contributed by atoms with Gasteiger partial charge in [0.25, 0.3) is 0 Å². The molecule has 1 aromatic carbocycles. The second-order valence-electron chi connectivity index (χ2n) is 3.54. The van der Waals surface area contributed by atoms with Crippen LogP contribution in [0.1, 0.15) is 18.9 Å². The minimum Gasteiger partial charge on any atom is -0.374 e. The number of rotatable bonds is 5. The van der Waals surface area contributed by atoms with E-state index in [1.54, 1.807) is 0 Å². The van der Waals surface area contributed by atoms with E-state index in [1.165, 1.54) is 0 Å². The van der Waals surface area contributed by atoms with Crippen molar-refractivity contribution < 1.29 is 4.79 Å². The molecule has 0 aromatic heterocycles. The summed E-state index contributed by atoms with van der Waals surface area (Å²) in [5.74, 6) is -0.358. The Balaban J connectivity index is 2.68. The quantitative estimate of drug-likeness (QED) is 0.783. The molecule has 0 bridgehead atoms. The third kappa shape index (κ3) is 3.28. The molecule has 1 unspecified atom stereocenters. The highest BCUT2D eigenvalue weighted by Gasteiger charge is 2.11. The number of nitrogens with zero attached hydrogens (tertiary/aromatic N) is 1. The van der Waals surface area contributed by atoms with Gasteiger partial charge in [0, 0.05) is 5.69 Å². The second kappa shape index (κ2) is 5.76. The molecule has 1 aromatic rings. The standard InChI is InChI=1S/C12H15N3O/c1-2-11(12(14)16)15-10-5-3-9(4-6-10)7-8-13/h3-6,11,15H,2,7H2,1H3,(H2,14,16). The number of nitriles is 1. The molecule has 0 heterocycles. The minimum absolute atomic E-state index is 0.346. The Labute approximate surface area is 95.1 Å². The number of nitrogens with two attached hydrogens (primary N) is 1. The van der Waals surface area contributed by atoms with Crippen molar-refractivity contribution in [2.24, 2.45) is 5.73 Å². The first kappa shape index (κ1) is 12.1. The summed E-state index contributed by atoms with van der Waals surface area (Å²) in [6.07, 6.45) is 1.04. The van der Waals surface area contributed by atoms with E-state index in [1.807, 2.05) is 31.2 Å². The Morgan fingerprint density at radius 2 is 2.12 bits per heavy atom. The molecule has 0 aliphatic rings. The summed E-state index contributed by atoms with van der Waals surface area (Å²) in [4.78, 5) is 11.0. The van der Waals surface area contributed by atoms with Crippen LogP contribution < -0.4 is 11.1 Å². The van der Waals surface area contributed by atoms with Crippen LogP contribution in [-0.2, 0) is 11.2 Å². The molecule has 3 N–H and O–H groups in total. The van der Waals surface area contributed by atoms with Gasteiger partial charge in [-0.3, -0.25) is 4.79 Å². The number of anilines is 1. The van der Waals surface area contributed by atoms with Crippen LogP contribution in [-0.4, -0.2) is 11.9 Å². The van der Waals surface area contributed by atoms with Crippen molar-refractivity contribution in [1.82, 2.24) is 0 Å². The molecule has 0 spiro atoms. The van der Waals surface area contributed by atoms with Crippen LogP contribution >= 0.6 is 0 Å². The lowest BCUT2D eigenvalue weighted by Gasteiger charge is -2.14. The monoisotopic (exact) mass is 217 g/mol. The van der Waals surface area contributed by atoms with Gasteiger partial charge in [-0.05, 0) is 24.1 Å². The van der Waals surface area contributed by atoms with Crippen molar-refractivity contribution in [3.8, 4) is 6.07 Å². The maximum atomic E-state index is 11.0. The Morgan fingerprint density at radius 1 is 1.50 bits per heavy atom. The molecule has 1 atom stereocenters. The normalized spacial score (nSPS) is 11.5. The number of benzene rings is 1. The highest BCUT2D eigenvalue weighted by Crippen LogP contribution is 2.12. The Kier molecular flexibility index (Phi) is 4.34. The summed E-state index contributed by atoms with van der Waals surface area (Å²) in [5.41, 5.74) is 7.03. The highest BCUT2D eigenvalue weighted by atomic mass is 16.1. The maximum Gasteiger partial charge on any atom is 0.239 e. The molecule has 0 saturated carbocycles. The smallest absolute Gasteiger partial charge is 0.239 e.